The van der Waals surface area contributed by atoms with Crippen LogP contribution in [-0.2, 0) is 19.1 Å². The van der Waals surface area contributed by atoms with Crippen LogP contribution in [0.1, 0.15) is 40.5 Å². The number of nitrogens with one attached hydrogen (secondary N) is 1. The van der Waals surface area contributed by atoms with Gasteiger partial charge in [-0.15, -0.1) is 0 Å². The second-order valence-corrected chi connectivity index (χ2v) is 5.95. The number of hydrogen-bond donors (Lipinski definition) is 2. The van der Waals surface area contributed by atoms with Gasteiger partial charge in [0.05, 0.1) is 18.6 Å². The van der Waals surface area contributed by atoms with Crippen LogP contribution in [0.5, 0.6) is 0 Å². The van der Waals surface area contributed by atoms with Crippen molar-refractivity contribution in [1.82, 2.24) is 5.32 Å². The summed E-state index contributed by atoms with van der Waals surface area (Å²) in [6.45, 7) is 7.90. The van der Waals surface area contributed by atoms with Gasteiger partial charge in [-0.25, -0.2) is 0 Å². The molecule has 6 nitrogen and oxygen atoms in total. The molecule has 116 valence electrons. The van der Waals surface area contributed by atoms with E-state index < -0.39 is 18.0 Å². The van der Waals surface area contributed by atoms with Crippen molar-refractivity contribution in [3.63, 3.8) is 0 Å². The summed E-state index contributed by atoms with van der Waals surface area (Å²) in [6, 6.07) is -0.0863. The number of hydrogen-bond acceptors (Lipinski definition) is 5. The summed E-state index contributed by atoms with van der Waals surface area (Å²) in [7, 11) is 1.65. The van der Waals surface area contributed by atoms with Crippen LogP contribution in [0.4, 0.5) is 0 Å². The van der Waals surface area contributed by atoms with E-state index in [4.69, 9.17) is 9.47 Å². The van der Waals surface area contributed by atoms with Crippen molar-refractivity contribution in [3.8, 4) is 0 Å². The van der Waals surface area contributed by atoms with E-state index in [0.717, 1.165) is 0 Å². The van der Waals surface area contributed by atoms with Gasteiger partial charge in [0, 0.05) is 18.6 Å². The molecule has 0 aromatic rings. The maximum absolute atomic E-state index is 11.9. The lowest BCUT2D eigenvalue weighted by molar-refractivity contribution is -0.184. The molecule has 0 saturated heterocycles. The molecule has 0 aliphatic heterocycles. The summed E-state index contributed by atoms with van der Waals surface area (Å²) in [5.41, 5.74) is -0.530. The highest BCUT2D eigenvalue weighted by Crippen LogP contribution is 2.51. The van der Waals surface area contributed by atoms with Crippen molar-refractivity contribution in [3.05, 3.63) is 0 Å². The molecular weight excluding hydrogens is 262 g/mol. The molecule has 1 saturated carbocycles. The Kier molecular flexibility index (Phi) is 5.15. The van der Waals surface area contributed by atoms with Crippen LogP contribution >= 0.6 is 0 Å². The molecule has 3 unspecified atom stereocenters. The van der Waals surface area contributed by atoms with Crippen molar-refractivity contribution in [2.24, 2.45) is 5.41 Å². The third-order valence-corrected chi connectivity index (χ3v) is 4.56. The largest absolute Gasteiger partial charge is 0.466 e. The Labute approximate surface area is 119 Å². The zero-order valence-corrected chi connectivity index (χ0v) is 12.9. The molecule has 3 atom stereocenters. The topological polar surface area (TPSA) is 84.9 Å². The molecule has 0 bridgehead atoms. The van der Waals surface area contributed by atoms with Crippen molar-refractivity contribution in [2.45, 2.75) is 58.3 Å². The van der Waals surface area contributed by atoms with Gasteiger partial charge in [0.2, 0.25) is 5.91 Å². The average Bonchev–Trinajstić information content (AvgIpc) is 2.37. The van der Waals surface area contributed by atoms with Crippen molar-refractivity contribution < 1.29 is 24.2 Å². The average molecular weight is 287 g/mol. The van der Waals surface area contributed by atoms with E-state index in [2.05, 4.69) is 5.32 Å². The van der Waals surface area contributed by atoms with Crippen LogP contribution in [0.2, 0.25) is 0 Å². The van der Waals surface area contributed by atoms with Gasteiger partial charge in [0.15, 0.2) is 0 Å². The Balaban J connectivity index is 2.50. The lowest BCUT2D eigenvalue weighted by atomic mass is 9.56. The number of rotatable bonds is 6. The van der Waals surface area contributed by atoms with Crippen LogP contribution in [-0.4, -0.2) is 48.4 Å². The molecule has 1 fully saturated rings. The highest BCUT2D eigenvalue weighted by molar-refractivity contribution is 5.85. The Hall–Kier alpha value is -1.14. The highest BCUT2D eigenvalue weighted by Gasteiger charge is 2.58. The van der Waals surface area contributed by atoms with E-state index in [0.29, 0.717) is 6.42 Å². The second kappa shape index (κ2) is 6.10. The lowest BCUT2D eigenvalue weighted by Gasteiger charge is -2.59. The van der Waals surface area contributed by atoms with Crippen LogP contribution in [0.3, 0.4) is 0 Å². The molecule has 1 aliphatic rings. The van der Waals surface area contributed by atoms with Crippen molar-refractivity contribution >= 4 is 11.9 Å². The Morgan fingerprint density at radius 3 is 2.45 bits per heavy atom. The van der Waals surface area contributed by atoms with Gasteiger partial charge in [0.1, 0.15) is 6.10 Å². The van der Waals surface area contributed by atoms with E-state index in [-0.39, 0.29) is 30.1 Å². The quantitative estimate of drug-likeness (QED) is 0.700. The first kappa shape index (κ1) is 16.9. The standard InChI is InChI=1S/C14H25NO5/c1-6-20-11(17)7-9(16)12(18)15-10-8-14(4,19-5)13(10,2)3/h9-10,16H,6-8H2,1-5H3,(H,15,18). The number of methoxy groups -OCH3 is 1. The number of ether oxygens (including phenoxy) is 2. The Bertz CT molecular complexity index is 382. The molecule has 0 spiro atoms. The molecule has 0 radical (unpaired) electrons. The molecule has 0 aromatic carbocycles. The fourth-order valence-corrected chi connectivity index (χ4v) is 2.46. The third kappa shape index (κ3) is 3.12. The molecule has 2 N–H and O–H groups in total. The summed E-state index contributed by atoms with van der Waals surface area (Å²) >= 11 is 0. The van der Waals surface area contributed by atoms with Gasteiger partial charge in [0.25, 0.3) is 0 Å². The van der Waals surface area contributed by atoms with E-state index >= 15 is 0 Å². The Morgan fingerprint density at radius 1 is 1.40 bits per heavy atom. The summed E-state index contributed by atoms with van der Waals surface area (Å²) in [5.74, 6) is -1.13. The monoisotopic (exact) mass is 287 g/mol. The van der Waals surface area contributed by atoms with Gasteiger partial charge < -0.3 is 19.9 Å². The van der Waals surface area contributed by atoms with Crippen LogP contribution in [0.25, 0.3) is 0 Å². The van der Waals surface area contributed by atoms with Crippen molar-refractivity contribution in [2.75, 3.05) is 13.7 Å². The molecule has 0 heterocycles. The van der Waals surface area contributed by atoms with E-state index in [1.54, 1.807) is 14.0 Å². The first-order valence-electron chi connectivity index (χ1n) is 6.87. The summed E-state index contributed by atoms with van der Waals surface area (Å²) in [6.07, 6.45) is -1.03. The molecule has 1 amide bonds. The van der Waals surface area contributed by atoms with Crippen LogP contribution in [0, 0.1) is 5.41 Å². The van der Waals surface area contributed by atoms with Crippen LogP contribution < -0.4 is 5.32 Å². The van der Waals surface area contributed by atoms with Crippen LogP contribution in [0.15, 0.2) is 0 Å². The van der Waals surface area contributed by atoms with E-state index in [1.165, 1.54) is 0 Å². The maximum atomic E-state index is 11.9. The summed E-state index contributed by atoms with van der Waals surface area (Å²) < 4.78 is 10.2. The second-order valence-electron chi connectivity index (χ2n) is 5.95. The van der Waals surface area contributed by atoms with Gasteiger partial charge >= 0.3 is 5.97 Å². The highest BCUT2D eigenvalue weighted by atomic mass is 16.5. The molecule has 1 aliphatic carbocycles. The molecule has 6 heteroatoms. The molecule has 1 rings (SSSR count). The number of esters is 1. The van der Waals surface area contributed by atoms with Gasteiger partial charge in [-0.1, -0.05) is 13.8 Å². The maximum Gasteiger partial charge on any atom is 0.308 e. The number of aliphatic hydroxyl groups is 1. The minimum absolute atomic E-state index is 0.0863. The minimum atomic E-state index is -1.38. The molecular formula is C14H25NO5. The summed E-state index contributed by atoms with van der Waals surface area (Å²) in [4.78, 5) is 23.1. The van der Waals surface area contributed by atoms with Gasteiger partial charge in [-0.05, 0) is 20.3 Å². The zero-order valence-electron chi connectivity index (χ0n) is 12.9. The first-order valence-corrected chi connectivity index (χ1v) is 6.87. The number of amides is 1. The van der Waals surface area contributed by atoms with E-state index in [9.17, 15) is 14.7 Å². The number of carbonyl (C=O) groups excluding carboxylic acids is 2. The molecule has 0 aromatic heterocycles. The fraction of sp³-hybridized carbons (Fsp3) is 0.857. The predicted octanol–water partition coefficient (Wildman–Crippen LogP) is 0.620. The molecule has 20 heavy (non-hydrogen) atoms. The van der Waals surface area contributed by atoms with E-state index in [1.807, 2.05) is 20.8 Å². The normalized spacial score (nSPS) is 29.2. The smallest absolute Gasteiger partial charge is 0.308 e. The first-order chi connectivity index (χ1) is 9.17. The van der Waals surface area contributed by atoms with Gasteiger partial charge in [-0.2, -0.15) is 0 Å². The fourth-order valence-electron chi connectivity index (χ4n) is 2.46. The Morgan fingerprint density at radius 2 is 2.00 bits per heavy atom. The summed E-state index contributed by atoms with van der Waals surface area (Å²) in [5, 5.41) is 12.5. The zero-order chi connectivity index (χ0) is 15.6. The van der Waals surface area contributed by atoms with Gasteiger partial charge in [-0.3, -0.25) is 9.59 Å². The lowest BCUT2D eigenvalue weighted by Crippen LogP contribution is -2.69. The predicted molar refractivity (Wildman–Crippen MR) is 73.0 cm³/mol. The SMILES string of the molecule is CCOC(=O)CC(O)C(=O)NC1CC(C)(OC)C1(C)C. The number of carbonyl (C=O) groups is 2. The number of aliphatic hydroxyl groups excluding tert-OH is 1. The minimum Gasteiger partial charge on any atom is -0.466 e. The van der Waals surface area contributed by atoms with Crippen molar-refractivity contribution in [1.29, 1.82) is 0 Å². The third-order valence-electron chi connectivity index (χ3n) is 4.56.